The molecule has 3 rings (SSSR count). The zero-order valence-corrected chi connectivity index (χ0v) is 16.7. The summed E-state index contributed by atoms with van der Waals surface area (Å²) >= 11 is 0. The molecule has 1 heterocycles. The third-order valence-corrected chi connectivity index (χ3v) is 5.29. The van der Waals surface area contributed by atoms with E-state index in [9.17, 15) is 23.2 Å². The molecule has 1 aliphatic rings. The zero-order chi connectivity index (χ0) is 22.9. The molecule has 0 aromatic heterocycles. The van der Waals surface area contributed by atoms with Crippen LogP contribution in [0.1, 0.15) is 36.5 Å². The van der Waals surface area contributed by atoms with Gasteiger partial charge in [-0.1, -0.05) is 18.2 Å². The van der Waals surface area contributed by atoms with Crippen molar-refractivity contribution in [3.63, 3.8) is 0 Å². The zero-order valence-electron chi connectivity index (χ0n) is 16.7. The molecule has 2 unspecified atom stereocenters. The molecule has 156 valence electrons. The molecule has 0 saturated heterocycles. The van der Waals surface area contributed by atoms with Gasteiger partial charge in [0.1, 0.15) is 11.6 Å². The number of amidine groups is 1. The van der Waals surface area contributed by atoms with E-state index in [1.807, 2.05) is 6.07 Å². The molecule has 5 nitrogen and oxygen atoms in total. The van der Waals surface area contributed by atoms with E-state index in [4.69, 9.17) is 10.7 Å². The maximum atomic E-state index is 13.2. The summed E-state index contributed by atoms with van der Waals surface area (Å²) in [5.41, 5.74) is 0.589. The smallest absolute Gasteiger partial charge is 0.301 e. The summed E-state index contributed by atoms with van der Waals surface area (Å²) in [5.74, 6) is -2.44. The van der Waals surface area contributed by atoms with Gasteiger partial charge in [-0.15, -0.1) is 0 Å². The highest BCUT2D eigenvalue weighted by molar-refractivity contribution is 6.13. The van der Waals surface area contributed by atoms with Crippen LogP contribution in [0.15, 0.2) is 59.8 Å². The average Bonchev–Trinajstić information content (AvgIpc) is 2.73. The maximum Gasteiger partial charge on any atom is 0.416 e. The second-order valence-corrected chi connectivity index (χ2v) is 7.18. The van der Waals surface area contributed by atoms with Crippen LogP contribution in [0.4, 0.5) is 18.9 Å². The van der Waals surface area contributed by atoms with Crippen molar-refractivity contribution in [1.82, 2.24) is 0 Å². The predicted molar refractivity (Wildman–Crippen MR) is 108 cm³/mol. The van der Waals surface area contributed by atoms with Gasteiger partial charge in [-0.2, -0.15) is 23.7 Å². The second kappa shape index (κ2) is 8.08. The van der Waals surface area contributed by atoms with Crippen molar-refractivity contribution in [3.05, 3.63) is 76.5 Å². The quantitative estimate of drug-likeness (QED) is 0.739. The molecule has 2 atom stereocenters. The number of Topliss-reactive ketones (excluding diaryl/α,β-unsaturated/α-hetero) is 1. The highest BCUT2D eigenvalue weighted by Crippen LogP contribution is 2.43. The van der Waals surface area contributed by atoms with Crippen molar-refractivity contribution in [3.8, 4) is 12.1 Å². The topological polar surface area (TPSA) is 91.7 Å². The number of carbonyl (C=O) groups excluding carboxylic acids is 1. The fraction of sp³-hybridized carbons (Fsp3) is 0.217. The largest absolute Gasteiger partial charge is 0.416 e. The number of rotatable bonds is 3. The van der Waals surface area contributed by atoms with Gasteiger partial charge in [0.15, 0.2) is 0 Å². The number of nitrogens with zero attached hydrogens (tertiary/aromatic N) is 3. The van der Waals surface area contributed by atoms with Gasteiger partial charge < -0.3 is 4.90 Å². The van der Waals surface area contributed by atoms with E-state index < -0.39 is 29.4 Å². The van der Waals surface area contributed by atoms with E-state index >= 15 is 0 Å². The fourth-order valence-corrected chi connectivity index (χ4v) is 3.85. The number of alkyl halides is 3. The lowest BCUT2D eigenvalue weighted by atomic mass is 9.74. The Kier molecular flexibility index (Phi) is 5.68. The molecule has 8 heteroatoms. The van der Waals surface area contributed by atoms with Crippen LogP contribution in [0.2, 0.25) is 0 Å². The first-order valence-electron chi connectivity index (χ1n) is 9.27. The summed E-state index contributed by atoms with van der Waals surface area (Å²) in [6.07, 6.45) is -4.57. The normalized spacial score (nSPS) is 19.1. The highest BCUT2D eigenvalue weighted by Gasteiger charge is 2.43. The number of anilines is 1. The summed E-state index contributed by atoms with van der Waals surface area (Å²) in [4.78, 5) is 13.8. The van der Waals surface area contributed by atoms with Crippen LogP contribution in [0, 0.1) is 34.0 Å². The number of allylic oxidation sites excluding steroid dienone is 2. The molecular weight excluding hydrogens is 405 g/mol. The van der Waals surface area contributed by atoms with Gasteiger partial charge in [0.2, 0.25) is 0 Å². The number of halogens is 3. The molecular formula is C23H17F3N4O. The number of ketones is 1. The minimum atomic E-state index is -4.57. The monoisotopic (exact) mass is 422 g/mol. The van der Waals surface area contributed by atoms with Crippen molar-refractivity contribution in [1.29, 1.82) is 15.9 Å². The predicted octanol–water partition coefficient (Wildman–Crippen LogP) is 5.16. The standard InChI is InChI=1S/C23H17F3N4O/c1-13-19(12-28)21(16-8-6-15(11-27)7-9-16)20(14(2)31)22(29)30(13)18-5-3-4-17(10-18)23(24,25)26/h3-10,20-21,29H,1-2H3. The maximum absolute atomic E-state index is 13.2. The lowest BCUT2D eigenvalue weighted by Gasteiger charge is -2.40. The van der Waals surface area contributed by atoms with E-state index in [0.717, 1.165) is 12.1 Å². The molecule has 0 spiro atoms. The van der Waals surface area contributed by atoms with Gasteiger partial charge in [0.05, 0.1) is 34.8 Å². The van der Waals surface area contributed by atoms with Crippen molar-refractivity contribution in [2.45, 2.75) is 25.9 Å². The van der Waals surface area contributed by atoms with Crippen LogP contribution in [0.5, 0.6) is 0 Å². The Bertz CT molecular complexity index is 1170. The van der Waals surface area contributed by atoms with Gasteiger partial charge >= 0.3 is 6.18 Å². The molecule has 0 amide bonds. The second-order valence-electron chi connectivity index (χ2n) is 7.18. The van der Waals surface area contributed by atoms with Crippen LogP contribution >= 0.6 is 0 Å². The molecule has 0 aliphatic carbocycles. The van der Waals surface area contributed by atoms with Crippen LogP contribution in [0.25, 0.3) is 0 Å². The minimum absolute atomic E-state index is 0.0506. The molecule has 0 bridgehead atoms. The molecule has 1 N–H and O–H groups in total. The Balaban J connectivity index is 2.21. The molecule has 2 aromatic rings. The first-order chi connectivity index (χ1) is 14.6. The number of nitrogens with one attached hydrogen (secondary N) is 1. The first-order valence-corrected chi connectivity index (χ1v) is 9.27. The molecule has 0 saturated carbocycles. The Morgan fingerprint density at radius 2 is 1.74 bits per heavy atom. The van der Waals surface area contributed by atoms with Crippen molar-refractivity contribution < 1.29 is 18.0 Å². The van der Waals surface area contributed by atoms with Gasteiger partial charge in [0.25, 0.3) is 0 Å². The van der Waals surface area contributed by atoms with Crippen molar-refractivity contribution >= 4 is 17.3 Å². The number of carbonyl (C=O) groups is 1. The number of nitriles is 2. The Hall–Kier alpha value is -3.91. The first kappa shape index (κ1) is 21.8. The van der Waals surface area contributed by atoms with E-state index in [1.54, 1.807) is 31.2 Å². The van der Waals surface area contributed by atoms with E-state index in [0.29, 0.717) is 11.1 Å². The van der Waals surface area contributed by atoms with Gasteiger partial charge in [-0.3, -0.25) is 10.2 Å². The Morgan fingerprint density at radius 3 is 2.26 bits per heavy atom. The third kappa shape index (κ3) is 3.93. The van der Waals surface area contributed by atoms with E-state index in [2.05, 4.69) is 6.07 Å². The van der Waals surface area contributed by atoms with E-state index in [1.165, 1.54) is 24.0 Å². The summed E-state index contributed by atoms with van der Waals surface area (Å²) in [6, 6.07) is 14.9. The van der Waals surface area contributed by atoms with Crippen molar-refractivity contribution in [2.75, 3.05) is 4.90 Å². The van der Waals surface area contributed by atoms with Crippen LogP contribution in [-0.2, 0) is 11.0 Å². The summed E-state index contributed by atoms with van der Waals surface area (Å²) < 4.78 is 39.6. The molecule has 31 heavy (non-hydrogen) atoms. The SMILES string of the molecule is CC(=O)C1C(=N)N(c2cccc(C(F)(F)F)c2)C(C)=C(C#N)C1c1ccc(C#N)cc1. The summed E-state index contributed by atoms with van der Waals surface area (Å²) in [7, 11) is 0. The summed E-state index contributed by atoms with van der Waals surface area (Å²) in [5, 5.41) is 27.6. The lowest BCUT2D eigenvalue weighted by Crippen LogP contribution is -2.45. The third-order valence-electron chi connectivity index (χ3n) is 5.29. The van der Waals surface area contributed by atoms with Crippen LogP contribution in [0.3, 0.4) is 0 Å². The number of hydrogen-bond donors (Lipinski definition) is 1. The van der Waals surface area contributed by atoms with Gasteiger partial charge in [-0.25, -0.2) is 0 Å². The molecule has 0 radical (unpaired) electrons. The van der Waals surface area contributed by atoms with Crippen LogP contribution < -0.4 is 4.90 Å². The number of benzene rings is 2. The van der Waals surface area contributed by atoms with Gasteiger partial charge in [-0.05, 0) is 49.7 Å². The summed E-state index contributed by atoms with van der Waals surface area (Å²) in [6.45, 7) is 2.83. The average molecular weight is 422 g/mol. The lowest BCUT2D eigenvalue weighted by molar-refractivity contribution is -0.137. The highest BCUT2D eigenvalue weighted by atomic mass is 19.4. The van der Waals surface area contributed by atoms with Crippen LogP contribution in [-0.4, -0.2) is 11.6 Å². The minimum Gasteiger partial charge on any atom is -0.301 e. The number of hydrogen-bond acceptors (Lipinski definition) is 4. The fourth-order valence-electron chi connectivity index (χ4n) is 3.85. The Labute approximate surface area is 177 Å². The molecule has 1 aliphatic heterocycles. The molecule has 0 fully saturated rings. The van der Waals surface area contributed by atoms with Crippen molar-refractivity contribution in [2.24, 2.45) is 5.92 Å². The molecule has 2 aromatic carbocycles. The van der Waals surface area contributed by atoms with Gasteiger partial charge in [0, 0.05) is 17.3 Å². The Morgan fingerprint density at radius 1 is 1.10 bits per heavy atom. The van der Waals surface area contributed by atoms with E-state index in [-0.39, 0.29) is 22.8 Å².